The third-order valence-corrected chi connectivity index (χ3v) is 2.46. The van der Waals surface area contributed by atoms with Crippen LogP contribution in [0.5, 0.6) is 0 Å². The summed E-state index contributed by atoms with van der Waals surface area (Å²) in [4.78, 5) is 22.6. The van der Waals surface area contributed by atoms with Crippen molar-refractivity contribution in [1.82, 2.24) is 10.5 Å². The van der Waals surface area contributed by atoms with Crippen molar-refractivity contribution in [2.75, 3.05) is 25.0 Å². The molecule has 112 valence electrons. The van der Waals surface area contributed by atoms with E-state index < -0.39 is 0 Å². The molecule has 20 heavy (non-hydrogen) atoms. The minimum absolute atomic E-state index is 0.129. The molecule has 0 atom stereocenters. The molecule has 0 saturated carbocycles. The highest BCUT2D eigenvalue weighted by atomic mass is 16.5. The van der Waals surface area contributed by atoms with E-state index in [1.54, 1.807) is 19.9 Å². The topological polar surface area (TPSA) is 93.5 Å². The van der Waals surface area contributed by atoms with Gasteiger partial charge in [0.05, 0.1) is 6.61 Å². The number of aromatic nitrogens is 1. The monoisotopic (exact) mass is 283 g/mol. The van der Waals surface area contributed by atoms with Crippen LogP contribution in [0, 0.1) is 6.92 Å². The molecule has 1 amide bonds. The Morgan fingerprint density at radius 2 is 2.15 bits per heavy atom. The second-order valence-corrected chi connectivity index (χ2v) is 4.28. The standard InChI is InChI=1S/C13H21N3O4/c1-3-19-13(18)5-4-7-14-8-6-12(17)15-11-9-10(2)20-16-11/h9,14H,3-8H2,1-2H3,(H,15,16,17). The molecule has 1 aromatic rings. The third kappa shape index (κ3) is 6.89. The summed E-state index contributed by atoms with van der Waals surface area (Å²) in [6, 6.07) is 1.66. The van der Waals surface area contributed by atoms with E-state index in [0.29, 0.717) is 50.5 Å². The van der Waals surface area contributed by atoms with Gasteiger partial charge in [0.2, 0.25) is 5.91 Å². The molecule has 0 saturated heterocycles. The number of aryl methyl sites for hydroxylation is 1. The Morgan fingerprint density at radius 3 is 2.80 bits per heavy atom. The molecule has 2 N–H and O–H groups in total. The lowest BCUT2D eigenvalue weighted by atomic mass is 10.3. The van der Waals surface area contributed by atoms with E-state index in [4.69, 9.17) is 9.26 Å². The van der Waals surface area contributed by atoms with Gasteiger partial charge in [0.15, 0.2) is 5.82 Å². The van der Waals surface area contributed by atoms with Crippen molar-refractivity contribution in [3.8, 4) is 0 Å². The van der Waals surface area contributed by atoms with Gasteiger partial charge in [-0.2, -0.15) is 0 Å². The summed E-state index contributed by atoms with van der Waals surface area (Å²) in [6.45, 7) is 5.17. The molecule has 0 aliphatic rings. The highest BCUT2D eigenvalue weighted by Crippen LogP contribution is 2.06. The predicted octanol–water partition coefficient (Wildman–Crippen LogP) is 1.24. The molecule has 0 aliphatic heterocycles. The molecule has 7 nitrogen and oxygen atoms in total. The van der Waals surface area contributed by atoms with E-state index in [-0.39, 0.29) is 11.9 Å². The van der Waals surface area contributed by atoms with Crippen LogP contribution < -0.4 is 10.6 Å². The molecule has 1 aromatic heterocycles. The molecule has 0 bridgehead atoms. The number of rotatable bonds is 9. The minimum atomic E-state index is -0.187. The summed E-state index contributed by atoms with van der Waals surface area (Å²) in [7, 11) is 0. The zero-order valence-corrected chi connectivity index (χ0v) is 11.9. The van der Waals surface area contributed by atoms with E-state index in [0.717, 1.165) is 0 Å². The molecule has 7 heteroatoms. The minimum Gasteiger partial charge on any atom is -0.466 e. The molecule has 0 unspecified atom stereocenters. The Labute approximate surface area is 118 Å². The maximum absolute atomic E-state index is 11.5. The lowest BCUT2D eigenvalue weighted by Crippen LogP contribution is -2.23. The first kappa shape index (κ1) is 16.2. The number of hydrogen-bond acceptors (Lipinski definition) is 6. The molecular formula is C13H21N3O4. The highest BCUT2D eigenvalue weighted by Gasteiger charge is 2.05. The molecule has 0 spiro atoms. The Morgan fingerprint density at radius 1 is 1.35 bits per heavy atom. The number of nitrogens with zero attached hydrogens (tertiary/aromatic N) is 1. The van der Waals surface area contributed by atoms with Gasteiger partial charge < -0.3 is 19.9 Å². The van der Waals surface area contributed by atoms with Gasteiger partial charge in [-0.15, -0.1) is 0 Å². The van der Waals surface area contributed by atoms with Gasteiger partial charge in [-0.3, -0.25) is 9.59 Å². The van der Waals surface area contributed by atoms with Crippen LogP contribution in [0.25, 0.3) is 0 Å². The normalized spacial score (nSPS) is 10.3. The average Bonchev–Trinajstić information content (AvgIpc) is 2.79. The number of carbonyl (C=O) groups is 2. The molecular weight excluding hydrogens is 262 g/mol. The summed E-state index contributed by atoms with van der Waals surface area (Å²) < 4.78 is 9.65. The van der Waals surface area contributed by atoms with Gasteiger partial charge in [-0.25, -0.2) is 0 Å². The summed E-state index contributed by atoms with van der Waals surface area (Å²) >= 11 is 0. The number of carbonyl (C=O) groups excluding carboxylic acids is 2. The number of ether oxygens (including phenoxy) is 1. The molecule has 1 heterocycles. The second-order valence-electron chi connectivity index (χ2n) is 4.28. The zero-order valence-electron chi connectivity index (χ0n) is 11.9. The van der Waals surface area contributed by atoms with Crippen LogP contribution in [-0.4, -0.2) is 36.7 Å². The summed E-state index contributed by atoms with van der Waals surface area (Å²) in [5, 5.41) is 9.39. The predicted molar refractivity (Wildman–Crippen MR) is 73.2 cm³/mol. The molecule has 0 radical (unpaired) electrons. The van der Waals surface area contributed by atoms with Crippen LogP contribution in [0.2, 0.25) is 0 Å². The number of hydrogen-bond donors (Lipinski definition) is 2. The largest absolute Gasteiger partial charge is 0.466 e. The summed E-state index contributed by atoms with van der Waals surface area (Å²) in [5.74, 6) is 0.761. The fourth-order valence-corrected chi connectivity index (χ4v) is 1.55. The van der Waals surface area contributed by atoms with Crippen molar-refractivity contribution in [2.24, 2.45) is 0 Å². The maximum Gasteiger partial charge on any atom is 0.305 e. The first-order chi connectivity index (χ1) is 9.61. The highest BCUT2D eigenvalue weighted by molar-refractivity contribution is 5.89. The Balaban J connectivity index is 2.01. The Bertz CT molecular complexity index is 431. The first-order valence-electron chi connectivity index (χ1n) is 6.71. The maximum atomic E-state index is 11.5. The molecule has 0 aliphatic carbocycles. The fourth-order valence-electron chi connectivity index (χ4n) is 1.55. The molecule has 1 rings (SSSR count). The fraction of sp³-hybridized carbons (Fsp3) is 0.615. The van der Waals surface area contributed by atoms with Crippen LogP contribution >= 0.6 is 0 Å². The summed E-state index contributed by atoms with van der Waals surface area (Å²) in [5.41, 5.74) is 0. The van der Waals surface area contributed by atoms with E-state index in [1.165, 1.54) is 0 Å². The van der Waals surface area contributed by atoms with Crippen LogP contribution in [-0.2, 0) is 14.3 Å². The van der Waals surface area contributed by atoms with Gasteiger partial charge >= 0.3 is 5.97 Å². The van der Waals surface area contributed by atoms with Gasteiger partial charge in [-0.05, 0) is 26.8 Å². The average molecular weight is 283 g/mol. The third-order valence-electron chi connectivity index (χ3n) is 2.46. The second kappa shape index (κ2) is 9.08. The van der Waals surface area contributed by atoms with Gasteiger partial charge in [0, 0.05) is 25.5 Å². The van der Waals surface area contributed by atoms with Crippen molar-refractivity contribution in [3.63, 3.8) is 0 Å². The van der Waals surface area contributed by atoms with Crippen LogP contribution in [0.4, 0.5) is 5.82 Å². The van der Waals surface area contributed by atoms with E-state index >= 15 is 0 Å². The number of nitrogens with one attached hydrogen (secondary N) is 2. The van der Waals surface area contributed by atoms with Crippen LogP contribution in [0.1, 0.15) is 31.9 Å². The smallest absolute Gasteiger partial charge is 0.305 e. The lowest BCUT2D eigenvalue weighted by Gasteiger charge is -2.04. The summed E-state index contributed by atoms with van der Waals surface area (Å²) in [6.07, 6.45) is 1.43. The van der Waals surface area contributed by atoms with Gasteiger partial charge in [0.1, 0.15) is 5.76 Å². The zero-order chi connectivity index (χ0) is 14.8. The number of esters is 1. The SMILES string of the molecule is CCOC(=O)CCCNCCC(=O)Nc1cc(C)on1. The van der Waals surface area contributed by atoms with Crippen molar-refractivity contribution < 1.29 is 18.8 Å². The number of amides is 1. The quantitative estimate of drug-likeness (QED) is 0.523. The molecule has 0 aromatic carbocycles. The van der Waals surface area contributed by atoms with Gasteiger partial charge in [0.25, 0.3) is 0 Å². The first-order valence-corrected chi connectivity index (χ1v) is 6.71. The van der Waals surface area contributed by atoms with E-state index in [2.05, 4.69) is 15.8 Å². The molecule has 0 fully saturated rings. The van der Waals surface area contributed by atoms with Crippen LogP contribution in [0.3, 0.4) is 0 Å². The Hall–Kier alpha value is -1.89. The van der Waals surface area contributed by atoms with E-state index in [1.807, 2.05) is 0 Å². The van der Waals surface area contributed by atoms with Crippen molar-refractivity contribution in [1.29, 1.82) is 0 Å². The Kier molecular flexibility index (Phi) is 7.34. The van der Waals surface area contributed by atoms with Crippen molar-refractivity contribution >= 4 is 17.7 Å². The van der Waals surface area contributed by atoms with E-state index in [9.17, 15) is 9.59 Å². The number of anilines is 1. The van der Waals surface area contributed by atoms with Crippen molar-refractivity contribution in [3.05, 3.63) is 11.8 Å². The van der Waals surface area contributed by atoms with Crippen molar-refractivity contribution in [2.45, 2.75) is 33.1 Å². The van der Waals surface area contributed by atoms with Gasteiger partial charge in [-0.1, -0.05) is 5.16 Å². The lowest BCUT2D eigenvalue weighted by molar-refractivity contribution is -0.143. The van der Waals surface area contributed by atoms with Crippen LogP contribution in [0.15, 0.2) is 10.6 Å².